The first-order valence-electron chi connectivity index (χ1n) is 28.8. The number of likely N-dealkylation sites (tertiary alicyclic amines) is 1. The second kappa shape index (κ2) is 29.3. The number of nitrogens with two attached hydrogens (primary N) is 2. The van der Waals surface area contributed by atoms with Crippen LogP contribution in [0.25, 0.3) is 22.3 Å². The van der Waals surface area contributed by atoms with Gasteiger partial charge in [-0.05, 0) is 36.5 Å². The van der Waals surface area contributed by atoms with Crippen LogP contribution in [-0.2, 0) is 76.8 Å². The van der Waals surface area contributed by atoms with E-state index in [1.54, 1.807) is 13.8 Å². The second-order valence-electron chi connectivity index (χ2n) is 22.1. The third-order valence-corrected chi connectivity index (χ3v) is 18.5. The van der Waals surface area contributed by atoms with Crippen molar-refractivity contribution in [2.24, 2.45) is 11.7 Å². The number of primary amides is 1. The van der Waals surface area contributed by atoms with Gasteiger partial charge in [-0.1, -0.05) is 50.5 Å². The summed E-state index contributed by atoms with van der Waals surface area (Å²) < 4.78 is 123. The van der Waals surface area contributed by atoms with Gasteiger partial charge >= 0.3 is 31.8 Å². The van der Waals surface area contributed by atoms with E-state index < -0.39 is 167 Å². The van der Waals surface area contributed by atoms with Crippen LogP contribution in [-0.4, -0.2) is 197 Å². The first-order valence-corrected chi connectivity index (χ1v) is 34.2. The number of fused-ring (bicyclic) bond motifs is 4. The number of halogens is 3. The number of nitrogens with zero attached hydrogens (tertiary/aromatic N) is 10. The molecule has 9 amide bonds. The van der Waals surface area contributed by atoms with Gasteiger partial charge in [-0.15, -0.1) is 0 Å². The quantitative estimate of drug-likeness (QED) is 0.0234. The van der Waals surface area contributed by atoms with E-state index in [9.17, 15) is 51.9 Å². The summed E-state index contributed by atoms with van der Waals surface area (Å²) in [4.78, 5) is 128. The monoisotopic (exact) mass is 1400 g/mol. The number of nitrogens with one attached hydrogen (secondary N) is 5. The molecule has 35 nitrogen and oxygen atoms in total. The second-order valence-corrected chi connectivity index (χ2v) is 27.9. The Labute approximate surface area is 540 Å². The highest BCUT2D eigenvalue weighted by molar-refractivity contribution is 8.44. The molecule has 5 aromatic rings. The molecule has 42 heteroatoms. The van der Waals surface area contributed by atoms with E-state index in [2.05, 4.69) is 81.0 Å². The van der Waals surface area contributed by atoms with Crippen molar-refractivity contribution in [1.82, 2.24) is 64.8 Å². The van der Waals surface area contributed by atoms with Crippen molar-refractivity contribution in [2.75, 3.05) is 55.8 Å². The number of rotatable bonds is 20. The number of imide groups is 1. The number of benzene rings is 1. The van der Waals surface area contributed by atoms with Gasteiger partial charge in [0.1, 0.15) is 74.1 Å². The van der Waals surface area contributed by atoms with Crippen LogP contribution in [0.15, 0.2) is 61.7 Å². The number of urea groups is 1. The molecule has 0 bridgehead atoms. The Morgan fingerprint density at radius 2 is 1.37 bits per heavy atom. The summed E-state index contributed by atoms with van der Waals surface area (Å²) in [7, 11) is 0. The predicted molar refractivity (Wildman–Crippen MR) is 324 cm³/mol. The summed E-state index contributed by atoms with van der Waals surface area (Å²) in [5.74, 6) is -3.90. The molecule has 0 saturated carbocycles. The largest absolute Gasteiger partial charge is 0.447 e. The van der Waals surface area contributed by atoms with Gasteiger partial charge in [-0.25, -0.2) is 66.6 Å². The molecule has 1 aromatic carbocycles. The van der Waals surface area contributed by atoms with Crippen molar-refractivity contribution in [1.29, 1.82) is 0 Å². The number of alkyl halides is 3. The molecule has 14 atom stereocenters. The van der Waals surface area contributed by atoms with Crippen LogP contribution in [0.4, 0.5) is 44.9 Å². The van der Waals surface area contributed by atoms with Crippen LogP contribution in [0.5, 0.6) is 0 Å². The molecule has 0 unspecified atom stereocenters. The Morgan fingerprint density at radius 3 is 1.98 bits per heavy atom. The summed E-state index contributed by atoms with van der Waals surface area (Å²) in [6.45, 7) is -8.86. The smallest absolute Gasteiger partial charge is 0.412 e. The maximum Gasteiger partial charge on any atom is 0.412 e. The first kappa shape index (κ1) is 68.8. The van der Waals surface area contributed by atoms with Gasteiger partial charge in [-0.3, -0.25) is 66.3 Å². The molecule has 4 fully saturated rings. The summed E-state index contributed by atoms with van der Waals surface area (Å²) in [6, 6.07) is 1.87. The van der Waals surface area contributed by atoms with Crippen LogP contribution in [0.1, 0.15) is 57.6 Å². The molecule has 5 aliphatic rings. The number of carbonyl (C=O) groups excluding carboxylic acids is 8. The molecule has 94 heavy (non-hydrogen) atoms. The van der Waals surface area contributed by atoms with E-state index in [0.29, 0.717) is 5.56 Å². The average molecular weight is 1400 g/mol. The number of hydrogen-bond acceptors (Lipinski definition) is 25. The van der Waals surface area contributed by atoms with Gasteiger partial charge in [0, 0.05) is 43.8 Å². The Hall–Kier alpha value is -8.07. The Kier molecular flexibility index (Phi) is 21.4. The lowest BCUT2D eigenvalue weighted by Gasteiger charge is -2.28. The molecular formula is C52H62F3N17O18P2S2. The Balaban J connectivity index is 0.712. The summed E-state index contributed by atoms with van der Waals surface area (Å²) in [5, 5.41) is 12.7. The summed E-state index contributed by atoms with van der Waals surface area (Å²) >= 11 is 8.09. The number of aromatic nitrogens is 8. The topological polar surface area (TPSA) is 450 Å². The van der Waals surface area contributed by atoms with Gasteiger partial charge in [-0.2, -0.15) is 0 Å². The van der Waals surface area contributed by atoms with E-state index in [-0.39, 0.29) is 85.0 Å². The minimum Gasteiger partial charge on any atom is -0.447 e. The molecule has 10 rings (SSSR count). The summed E-state index contributed by atoms with van der Waals surface area (Å²) in [6.07, 6.45) is -11.7. The SMILES string of the molecule is CC(C)[C@H](NC(=O)CCN1C(=O)C=CC1=O)C(=O)N[C@@H](CCCNC(N)=O)C(=O)Nc1ccc(COC(=O)N2C[C@@H](F)C[C@H]2COC(=O)Nc2ncnc3c2ncn3[C@@H]2O[C@@H]3CO[P@](=O)(S)O[C@H]4[C@@H](F)[C@H](n5cnc6c(N)ncnc65)O[C@@H]4CO[P@@](=O)(S)O[C@H]3[C@H]2F)cc1. The lowest BCUT2D eigenvalue weighted by molar-refractivity contribution is -0.137. The fourth-order valence-corrected chi connectivity index (χ4v) is 13.6. The number of thiol groups is 2. The zero-order valence-electron chi connectivity index (χ0n) is 49.5. The number of amides is 9. The van der Waals surface area contributed by atoms with E-state index in [4.69, 9.17) is 48.5 Å². The molecule has 9 N–H and O–H groups in total. The van der Waals surface area contributed by atoms with Gasteiger partial charge in [0.15, 0.2) is 53.2 Å². The molecule has 0 aliphatic carbocycles. The van der Waals surface area contributed by atoms with Crippen molar-refractivity contribution < 1.29 is 97.7 Å². The third-order valence-electron chi connectivity index (χ3n) is 15.3. The molecule has 4 saturated heterocycles. The fraction of sp³-hybridized carbons (Fsp3) is 0.500. The maximum atomic E-state index is 16.7. The van der Waals surface area contributed by atoms with Crippen molar-refractivity contribution in [3.8, 4) is 0 Å². The normalized spacial score (nSPS) is 27.7. The highest BCUT2D eigenvalue weighted by atomic mass is 32.7. The Morgan fingerprint density at radius 1 is 0.777 bits per heavy atom. The zero-order chi connectivity index (χ0) is 67.3. The molecule has 506 valence electrons. The number of hydrogen-bond donors (Lipinski definition) is 9. The van der Waals surface area contributed by atoms with Crippen LogP contribution in [0.2, 0.25) is 0 Å². The molecule has 0 radical (unpaired) electrons. The number of ether oxygens (including phenoxy) is 4. The minimum absolute atomic E-state index is 0.00588. The van der Waals surface area contributed by atoms with Crippen molar-refractivity contribution in [2.45, 2.75) is 120 Å². The van der Waals surface area contributed by atoms with Crippen molar-refractivity contribution >= 4 is 125 Å². The van der Waals surface area contributed by atoms with Gasteiger partial charge < -0.3 is 51.7 Å². The predicted octanol–water partition coefficient (Wildman–Crippen LogP) is 3.24. The molecular weight excluding hydrogens is 1330 g/mol. The number of carbonyl (C=O) groups is 8. The Bertz CT molecular complexity index is 3830. The van der Waals surface area contributed by atoms with Crippen LogP contribution in [0, 0.1) is 5.92 Å². The highest BCUT2D eigenvalue weighted by Gasteiger charge is 2.55. The number of anilines is 3. The zero-order valence-corrected chi connectivity index (χ0v) is 53.0. The lowest BCUT2D eigenvalue weighted by Crippen LogP contribution is -2.54. The lowest BCUT2D eigenvalue weighted by atomic mass is 10.0. The fourth-order valence-electron chi connectivity index (χ4n) is 10.6. The van der Waals surface area contributed by atoms with E-state index >= 15 is 8.78 Å². The average Bonchev–Trinajstić information content (AvgIpc) is 1.62. The maximum absolute atomic E-state index is 16.7. The van der Waals surface area contributed by atoms with Crippen LogP contribution >= 0.6 is 38.1 Å². The van der Waals surface area contributed by atoms with E-state index in [0.717, 1.165) is 45.5 Å². The van der Waals surface area contributed by atoms with E-state index in [1.807, 2.05) is 0 Å². The molecule has 4 aromatic heterocycles. The molecule has 9 heterocycles. The third kappa shape index (κ3) is 16.2. The summed E-state index contributed by atoms with van der Waals surface area (Å²) in [5.41, 5.74) is 11.7. The van der Waals surface area contributed by atoms with E-state index in [1.165, 1.54) is 35.2 Å². The molecule has 0 spiro atoms. The van der Waals surface area contributed by atoms with Crippen LogP contribution in [0.3, 0.4) is 0 Å². The van der Waals surface area contributed by atoms with Crippen molar-refractivity contribution in [3.63, 3.8) is 0 Å². The highest BCUT2D eigenvalue weighted by Crippen LogP contribution is 2.61. The van der Waals surface area contributed by atoms with Crippen molar-refractivity contribution in [3.05, 3.63) is 67.3 Å². The van der Waals surface area contributed by atoms with Gasteiger partial charge in [0.25, 0.3) is 11.8 Å². The molecule has 5 aliphatic heterocycles. The first-order chi connectivity index (χ1) is 44.7. The number of nitrogen functional groups attached to an aromatic ring is 1. The van der Waals surface area contributed by atoms with Crippen LogP contribution < -0.4 is 38.1 Å². The van der Waals surface area contributed by atoms with Gasteiger partial charge in [0.05, 0.1) is 38.5 Å². The van der Waals surface area contributed by atoms with Gasteiger partial charge in [0.2, 0.25) is 17.7 Å². The standard InChI is InChI=1S/C52H62F3N17O18P2S2/c1-24(2)37(67-32(73)11-13-69-33(74)9-10-34(69)75)47(77)66-29(4-3-12-58-50(57)78)46(76)65-27-7-5-25(6-8-27)16-84-52(80)70-15-26(53)14-28(70)17-83-51(79)68-43-39-45(62-21-60-43)72(23-64-39)49-36(55)41-31(88-49)19-86-91(81,93)89-40-30(18-85-92(82,94)90-41)87-48(35(40)54)71-22-63-38-42(56)59-20-61-44(38)71/h5-10,20-24,26,28-31,35-37,40-41,48-49H,3-4,11-19H2,1-2H3,(H,65,76)(H,66,77)(H,67,73)(H,81,93)(H,82,94)(H2,56,59,61)(H3,57,58,78)(H,60,62,68,79)/t26-,28-,29-,30+,31+,35+,36+,37-,40+,41+,48+,49+,91-,92+/m0/s1. The minimum atomic E-state index is -4.61. The number of imidazole rings is 2.